The fourth-order valence-corrected chi connectivity index (χ4v) is 3.52. The Morgan fingerprint density at radius 3 is 2.29 bits per heavy atom. The number of nitrogens with one attached hydrogen (secondary N) is 1. The number of halogens is 2. The van der Waals surface area contributed by atoms with Crippen LogP contribution in [0.5, 0.6) is 0 Å². The van der Waals surface area contributed by atoms with Crippen molar-refractivity contribution in [2.75, 3.05) is 36.4 Å². The predicted octanol–water partition coefficient (Wildman–Crippen LogP) is 4.55. The smallest absolute Gasteiger partial charge is 0.255 e. The van der Waals surface area contributed by atoms with Gasteiger partial charge in [0.2, 0.25) is 5.91 Å². The highest BCUT2D eigenvalue weighted by atomic mass is 35.5. The number of amides is 2. The molecule has 148 valence electrons. The van der Waals surface area contributed by atoms with Gasteiger partial charge < -0.3 is 15.1 Å². The van der Waals surface area contributed by atoms with Gasteiger partial charge in [-0.25, -0.2) is 0 Å². The third-order valence-electron chi connectivity index (χ3n) is 4.76. The molecule has 5 nitrogen and oxygen atoms in total. The number of hydrogen-bond donors (Lipinski definition) is 1. The lowest BCUT2D eigenvalue weighted by molar-refractivity contribution is -0.134. The van der Waals surface area contributed by atoms with Crippen LogP contribution >= 0.6 is 23.2 Å². The van der Waals surface area contributed by atoms with Gasteiger partial charge in [0, 0.05) is 37.7 Å². The Hall–Kier alpha value is -2.24. The molecule has 0 saturated carbocycles. The normalized spacial score (nSPS) is 14.3. The highest BCUT2D eigenvalue weighted by Crippen LogP contribution is 2.28. The molecule has 1 heterocycles. The molecule has 1 saturated heterocycles. The average molecular weight is 420 g/mol. The average Bonchev–Trinajstić information content (AvgIpc) is 2.70. The van der Waals surface area contributed by atoms with Gasteiger partial charge in [-0.3, -0.25) is 9.59 Å². The maximum atomic E-state index is 12.6. The van der Waals surface area contributed by atoms with E-state index in [2.05, 4.69) is 10.2 Å². The van der Waals surface area contributed by atoms with E-state index in [1.54, 1.807) is 18.2 Å². The van der Waals surface area contributed by atoms with Crippen molar-refractivity contribution in [1.82, 2.24) is 4.90 Å². The summed E-state index contributed by atoms with van der Waals surface area (Å²) in [6.07, 6.45) is 0. The van der Waals surface area contributed by atoms with Gasteiger partial charge in [-0.1, -0.05) is 49.2 Å². The molecule has 1 N–H and O–H groups in total. The number of benzene rings is 2. The Labute approximate surface area is 175 Å². The number of para-hydroxylation sites is 2. The van der Waals surface area contributed by atoms with E-state index in [0.717, 1.165) is 24.5 Å². The second-order valence-corrected chi connectivity index (χ2v) is 7.88. The number of nitrogens with zero attached hydrogens (tertiary/aromatic N) is 2. The van der Waals surface area contributed by atoms with Crippen LogP contribution in [0.1, 0.15) is 24.2 Å². The topological polar surface area (TPSA) is 52.7 Å². The zero-order valence-electron chi connectivity index (χ0n) is 15.9. The van der Waals surface area contributed by atoms with Crippen molar-refractivity contribution in [3.63, 3.8) is 0 Å². The van der Waals surface area contributed by atoms with Gasteiger partial charge in [-0.05, 0) is 30.3 Å². The lowest BCUT2D eigenvalue weighted by Gasteiger charge is -2.37. The van der Waals surface area contributed by atoms with Gasteiger partial charge in [0.1, 0.15) is 0 Å². The van der Waals surface area contributed by atoms with Gasteiger partial charge in [0.25, 0.3) is 5.91 Å². The summed E-state index contributed by atoms with van der Waals surface area (Å²) in [6.45, 7) is 6.62. The van der Waals surface area contributed by atoms with Crippen molar-refractivity contribution >= 4 is 46.4 Å². The standard InChI is InChI=1S/C21H23Cl2N3O2/c1-14(2)21(28)26-11-9-25(10-12-26)19-6-4-3-5-18(19)24-20(27)15-7-8-16(22)17(23)13-15/h3-8,13-14H,9-12H2,1-2H3,(H,24,27). The molecule has 0 spiro atoms. The summed E-state index contributed by atoms with van der Waals surface area (Å²) in [7, 11) is 0. The fraction of sp³-hybridized carbons (Fsp3) is 0.333. The first-order chi connectivity index (χ1) is 13.4. The molecular weight excluding hydrogens is 397 g/mol. The Kier molecular flexibility index (Phi) is 6.47. The molecule has 0 atom stereocenters. The van der Waals surface area contributed by atoms with Crippen LogP contribution in [0.4, 0.5) is 11.4 Å². The first kappa shape index (κ1) is 20.5. The summed E-state index contributed by atoms with van der Waals surface area (Å²) in [5.74, 6) is -0.0650. The Morgan fingerprint density at radius 2 is 1.64 bits per heavy atom. The molecule has 1 fully saturated rings. The zero-order valence-corrected chi connectivity index (χ0v) is 17.4. The number of anilines is 2. The van der Waals surface area contributed by atoms with E-state index < -0.39 is 0 Å². The minimum Gasteiger partial charge on any atom is -0.366 e. The number of hydrogen-bond acceptors (Lipinski definition) is 3. The molecule has 0 aliphatic carbocycles. The largest absolute Gasteiger partial charge is 0.366 e. The van der Waals surface area contributed by atoms with Gasteiger partial charge >= 0.3 is 0 Å². The third kappa shape index (κ3) is 4.59. The van der Waals surface area contributed by atoms with Gasteiger partial charge in [-0.15, -0.1) is 0 Å². The highest BCUT2D eigenvalue weighted by molar-refractivity contribution is 6.42. The van der Waals surface area contributed by atoms with E-state index in [4.69, 9.17) is 23.2 Å². The van der Waals surface area contributed by atoms with Gasteiger partial charge in [0.15, 0.2) is 0 Å². The second-order valence-electron chi connectivity index (χ2n) is 7.07. The minimum atomic E-state index is -0.250. The molecule has 3 rings (SSSR count). The monoisotopic (exact) mass is 419 g/mol. The number of carbonyl (C=O) groups excluding carboxylic acids is 2. The molecule has 28 heavy (non-hydrogen) atoms. The zero-order chi connectivity index (χ0) is 20.3. The van der Waals surface area contributed by atoms with E-state index in [9.17, 15) is 9.59 Å². The lowest BCUT2D eigenvalue weighted by Crippen LogP contribution is -2.50. The van der Waals surface area contributed by atoms with E-state index >= 15 is 0 Å². The molecule has 2 aromatic rings. The molecular formula is C21H23Cl2N3O2. The second kappa shape index (κ2) is 8.84. The molecule has 0 bridgehead atoms. The van der Waals surface area contributed by atoms with Crippen molar-refractivity contribution in [2.24, 2.45) is 5.92 Å². The third-order valence-corrected chi connectivity index (χ3v) is 5.50. The molecule has 0 radical (unpaired) electrons. The summed E-state index contributed by atoms with van der Waals surface area (Å²) < 4.78 is 0. The summed E-state index contributed by atoms with van der Waals surface area (Å²) in [4.78, 5) is 28.9. The minimum absolute atomic E-state index is 0.00400. The Balaban J connectivity index is 1.72. The van der Waals surface area contributed by atoms with Crippen molar-refractivity contribution in [3.8, 4) is 0 Å². The van der Waals surface area contributed by atoms with Crippen molar-refractivity contribution in [2.45, 2.75) is 13.8 Å². The first-order valence-electron chi connectivity index (χ1n) is 9.26. The van der Waals surface area contributed by atoms with E-state index in [-0.39, 0.29) is 17.7 Å². The van der Waals surface area contributed by atoms with E-state index in [0.29, 0.717) is 28.7 Å². The lowest BCUT2D eigenvalue weighted by atomic mass is 10.1. The maximum absolute atomic E-state index is 12.6. The molecule has 0 aromatic heterocycles. The van der Waals surface area contributed by atoms with E-state index in [1.165, 1.54) is 0 Å². The highest BCUT2D eigenvalue weighted by Gasteiger charge is 2.24. The van der Waals surface area contributed by atoms with Crippen LogP contribution in [0.25, 0.3) is 0 Å². The van der Waals surface area contributed by atoms with Crippen molar-refractivity contribution in [3.05, 3.63) is 58.1 Å². The van der Waals surface area contributed by atoms with Crippen LogP contribution < -0.4 is 10.2 Å². The molecule has 2 amide bonds. The maximum Gasteiger partial charge on any atom is 0.255 e. The summed E-state index contributed by atoms with van der Waals surface area (Å²) in [6, 6.07) is 12.5. The molecule has 2 aromatic carbocycles. The number of carbonyl (C=O) groups is 2. The Morgan fingerprint density at radius 1 is 0.964 bits per heavy atom. The predicted molar refractivity (Wildman–Crippen MR) is 114 cm³/mol. The van der Waals surface area contributed by atoms with Gasteiger partial charge in [-0.2, -0.15) is 0 Å². The Bertz CT molecular complexity index is 878. The van der Waals surface area contributed by atoms with Crippen LogP contribution in [-0.2, 0) is 4.79 Å². The van der Waals surface area contributed by atoms with Crippen molar-refractivity contribution in [1.29, 1.82) is 0 Å². The molecule has 1 aliphatic rings. The number of rotatable bonds is 4. The molecule has 1 aliphatic heterocycles. The van der Waals surface area contributed by atoms with Crippen LogP contribution in [0.2, 0.25) is 10.0 Å². The van der Waals surface area contributed by atoms with Crippen LogP contribution in [0.15, 0.2) is 42.5 Å². The summed E-state index contributed by atoms with van der Waals surface area (Å²) in [5, 5.41) is 3.71. The van der Waals surface area contributed by atoms with E-state index in [1.807, 2.05) is 43.0 Å². The quantitative estimate of drug-likeness (QED) is 0.790. The van der Waals surface area contributed by atoms with Crippen LogP contribution in [0.3, 0.4) is 0 Å². The fourth-order valence-electron chi connectivity index (χ4n) is 3.22. The number of piperazine rings is 1. The summed E-state index contributed by atoms with van der Waals surface area (Å²) >= 11 is 12.0. The summed E-state index contributed by atoms with van der Waals surface area (Å²) in [5.41, 5.74) is 2.10. The first-order valence-corrected chi connectivity index (χ1v) is 10.0. The molecule has 7 heteroatoms. The van der Waals surface area contributed by atoms with Crippen LogP contribution in [0, 0.1) is 5.92 Å². The van der Waals surface area contributed by atoms with Crippen LogP contribution in [-0.4, -0.2) is 42.9 Å². The molecule has 0 unspecified atom stereocenters. The SMILES string of the molecule is CC(C)C(=O)N1CCN(c2ccccc2NC(=O)c2ccc(Cl)c(Cl)c2)CC1. The van der Waals surface area contributed by atoms with Crippen molar-refractivity contribution < 1.29 is 9.59 Å². The van der Waals surface area contributed by atoms with Gasteiger partial charge in [0.05, 0.1) is 21.4 Å².